The van der Waals surface area contributed by atoms with Crippen LogP contribution in [0.1, 0.15) is 43.7 Å². The predicted molar refractivity (Wildman–Crippen MR) is 115 cm³/mol. The Morgan fingerprint density at radius 1 is 1.09 bits per heavy atom. The number of aromatic nitrogens is 2. The van der Waals surface area contributed by atoms with E-state index in [1.165, 1.54) is 17.1 Å². The maximum Gasteiger partial charge on any atom is 0.249 e. The molecule has 1 atom stereocenters. The largest absolute Gasteiger partial charge is 0.345 e. The summed E-state index contributed by atoms with van der Waals surface area (Å²) in [6, 6.07) is 14.9. The molecule has 2 aromatic carbocycles. The molecule has 32 heavy (non-hydrogen) atoms. The van der Waals surface area contributed by atoms with Crippen LogP contribution >= 0.6 is 0 Å². The van der Waals surface area contributed by atoms with E-state index in [1.54, 1.807) is 19.1 Å². The minimum absolute atomic E-state index is 0.0226. The molecule has 0 bridgehead atoms. The monoisotopic (exact) mass is 435 g/mol. The van der Waals surface area contributed by atoms with Gasteiger partial charge in [0.1, 0.15) is 11.9 Å². The average molecular weight is 435 g/mol. The van der Waals surface area contributed by atoms with Crippen LogP contribution in [0.2, 0.25) is 0 Å². The molecule has 0 fully saturated rings. The third-order valence-electron chi connectivity index (χ3n) is 5.05. The summed E-state index contributed by atoms with van der Waals surface area (Å²) >= 11 is 0. The van der Waals surface area contributed by atoms with Crippen LogP contribution in [0.5, 0.6) is 0 Å². The van der Waals surface area contributed by atoms with Gasteiger partial charge in [-0.1, -0.05) is 35.5 Å². The van der Waals surface area contributed by atoms with Gasteiger partial charge in [0.25, 0.3) is 0 Å². The molecule has 0 spiro atoms. The molecule has 4 rings (SSSR count). The molecule has 1 aliphatic rings. The Hall–Kier alpha value is -3.88. The van der Waals surface area contributed by atoms with E-state index in [0.717, 1.165) is 11.3 Å². The standard InChI is InChI=1S/C23H22FN5O3/c1-15(23-26-22(28-32-23)17-7-9-18(24)10-8-17)25-20(30)11-12-21(31)29-14-13-19(27-29)16-5-3-2-4-6-16/h2-10,15H,11-14H2,1H3,(H,25,30). The molecule has 8 nitrogen and oxygen atoms in total. The summed E-state index contributed by atoms with van der Waals surface area (Å²) in [4.78, 5) is 29.0. The molecule has 164 valence electrons. The number of carbonyl (C=O) groups excluding carboxylic acids is 2. The summed E-state index contributed by atoms with van der Waals surface area (Å²) in [6.45, 7) is 2.22. The van der Waals surface area contributed by atoms with Gasteiger partial charge >= 0.3 is 0 Å². The summed E-state index contributed by atoms with van der Waals surface area (Å²) < 4.78 is 18.3. The van der Waals surface area contributed by atoms with Crippen molar-refractivity contribution < 1.29 is 18.5 Å². The van der Waals surface area contributed by atoms with Crippen molar-refractivity contribution in [2.24, 2.45) is 5.10 Å². The van der Waals surface area contributed by atoms with E-state index in [0.29, 0.717) is 24.4 Å². The third kappa shape index (κ3) is 5.05. The second-order valence-corrected chi connectivity index (χ2v) is 7.43. The topological polar surface area (TPSA) is 101 Å². The number of hydrogen-bond donors (Lipinski definition) is 1. The number of hydrazone groups is 1. The first-order valence-electron chi connectivity index (χ1n) is 10.3. The lowest BCUT2D eigenvalue weighted by Crippen LogP contribution is -2.29. The molecular weight excluding hydrogens is 413 g/mol. The molecule has 1 aromatic heterocycles. The number of nitrogens with one attached hydrogen (secondary N) is 1. The van der Waals surface area contributed by atoms with Gasteiger partial charge in [0.05, 0.1) is 12.3 Å². The van der Waals surface area contributed by atoms with Crippen molar-refractivity contribution >= 4 is 17.5 Å². The number of benzene rings is 2. The molecule has 0 saturated heterocycles. The molecular formula is C23H22FN5O3. The maximum absolute atomic E-state index is 13.1. The van der Waals surface area contributed by atoms with Crippen LogP contribution in [0.15, 0.2) is 64.2 Å². The highest BCUT2D eigenvalue weighted by Crippen LogP contribution is 2.19. The van der Waals surface area contributed by atoms with Gasteiger partial charge < -0.3 is 9.84 Å². The van der Waals surface area contributed by atoms with E-state index in [-0.39, 0.29) is 36.4 Å². The van der Waals surface area contributed by atoms with Gasteiger partial charge in [-0.2, -0.15) is 10.1 Å². The molecule has 9 heteroatoms. The Labute approximate surface area is 184 Å². The van der Waals surface area contributed by atoms with Crippen molar-refractivity contribution in [1.29, 1.82) is 0 Å². The van der Waals surface area contributed by atoms with Gasteiger partial charge in [-0.25, -0.2) is 9.40 Å². The van der Waals surface area contributed by atoms with Crippen LogP contribution in [0.25, 0.3) is 11.4 Å². The fourth-order valence-electron chi connectivity index (χ4n) is 3.32. The zero-order chi connectivity index (χ0) is 22.5. The van der Waals surface area contributed by atoms with Gasteiger partial charge in [0.15, 0.2) is 0 Å². The van der Waals surface area contributed by atoms with Crippen molar-refractivity contribution in [2.75, 3.05) is 6.54 Å². The molecule has 3 aromatic rings. The van der Waals surface area contributed by atoms with Crippen molar-refractivity contribution in [3.8, 4) is 11.4 Å². The SMILES string of the molecule is CC(NC(=O)CCC(=O)N1CCC(c2ccccc2)=N1)c1nc(-c2ccc(F)cc2)no1. The van der Waals surface area contributed by atoms with Crippen LogP contribution in [0.4, 0.5) is 4.39 Å². The number of hydrogen-bond acceptors (Lipinski definition) is 6. The highest BCUT2D eigenvalue weighted by molar-refractivity contribution is 6.02. The van der Waals surface area contributed by atoms with E-state index in [1.807, 2.05) is 30.3 Å². The fourth-order valence-corrected chi connectivity index (χ4v) is 3.32. The Morgan fingerprint density at radius 3 is 2.59 bits per heavy atom. The first-order chi connectivity index (χ1) is 15.5. The zero-order valence-electron chi connectivity index (χ0n) is 17.5. The van der Waals surface area contributed by atoms with Gasteiger partial charge in [-0.15, -0.1) is 0 Å². The molecule has 0 saturated carbocycles. The minimum Gasteiger partial charge on any atom is -0.345 e. The first kappa shape index (κ1) is 21.4. The summed E-state index contributed by atoms with van der Waals surface area (Å²) in [5.41, 5.74) is 2.46. The second-order valence-electron chi connectivity index (χ2n) is 7.43. The summed E-state index contributed by atoms with van der Waals surface area (Å²) in [5, 5.41) is 12.4. The van der Waals surface area contributed by atoms with Gasteiger partial charge in [-0.3, -0.25) is 9.59 Å². The quantitative estimate of drug-likeness (QED) is 0.612. The molecule has 1 N–H and O–H groups in total. The predicted octanol–water partition coefficient (Wildman–Crippen LogP) is 3.47. The maximum atomic E-state index is 13.1. The molecule has 0 radical (unpaired) electrons. The number of amides is 2. The van der Waals surface area contributed by atoms with Crippen molar-refractivity contribution in [2.45, 2.75) is 32.2 Å². The summed E-state index contributed by atoms with van der Waals surface area (Å²) in [5.74, 6) is -0.337. The molecule has 1 aliphatic heterocycles. The van der Waals surface area contributed by atoms with Crippen LogP contribution in [-0.4, -0.2) is 39.2 Å². The average Bonchev–Trinajstić information content (AvgIpc) is 3.49. The molecule has 2 heterocycles. The molecule has 2 amide bonds. The number of carbonyl (C=O) groups is 2. The van der Waals surface area contributed by atoms with Gasteiger partial charge in [0, 0.05) is 24.8 Å². The van der Waals surface area contributed by atoms with E-state index in [4.69, 9.17) is 4.52 Å². The fraction of sp³-hybridized carbons (Fsp3) is 0.261. The van der Waals surface area contributed by atoms with Gasteiger partial charge in [-0.05, 0) is 36.8 Å². The van der Waals surface area contributed by atoms with E-state index in [2.05, 4.69) is 20.6 Å². The van der Waals surface area contributed by atoms with Crippen LogP contribution < -0.4 is 5.32 Å². The highest BCUT2D eigenvalue weighted by atomic mass is 19.1. The smallest absolute Gasteiger partial charge is 0.249 e. The third-order valence-corrected chi connectivity index (χ3v) is 5.05. The highest BCUT2D eigenvalue weighted by Gasteiger charge is 2.23. The first-order valence-corrected chi connectivity index (χ1v) is 10.3. The number of halogens is 1. The van der Waals surface area contributed by atoms with E-state index >= 15 is 0 Å². The van der Waals surface area contributed by atoms with Crippen LogP contribution in [0.3, 0.4) is 0 Å². The van der Waals surface area contributed by atoms with Crippen LogP contribution in [0, 0.1) is 5.82 Å². The Kier molecular flexibility index (Phi) is 6.34. The number of nitrogens with zero attached hydrogens (tertiary/aromatic N) is 4. The lowest BCUT2D eigenvalue weighted by molar-refractivity contribution is -0.133. The van der Waals surface area contributed by atoms with E-state index < -0.39 is 6.04 Å². The van der Waals surface area contributed by atoms with Crippen molar-refractivity contribution in [3.05, 3.63) is 71.9 Å². The molecule has 0 aliphatic carbocycles. The lowest BCUT2D eigenvalue weighted by atomic mass is 10.1. The van der Waals surface area contributed by atoms with E-state index in [9.17, 15) is 14.0 Å². The lowest BCUT2D eigenvalue weighted by Gasteiger charge is -2.12. The van der Waals surface area contributed by atoms with Crippen molar-refractivity contribution in [3.63, 3.8) is 0 Å². The van der Waals surface area contributed by atoms with Crippen molar-refractivity contribution in [1.82, 2.24) is 20.5 Å². The Balaban J connectivity index is 1.27. The molecule has 1 unspecified atom stereocenters. The normalized spacial score (nSPS) is 14.2. The van der Waals surface area contributed by atoms with Crippen LogP contribution in [-0.2, 0) is 9.59 Å². The Morgan fingerprint density at radius 2 is 1.84 bits per heavy atom. The summed E-state index contributed by atoms with van der Waals surface area (Å²) in [7, 11) is 0. The summed E-state index contributed by atoms with van der Waals surface area (Å²) in [6.07, 6.45) is 0.760. The Bertz CT molecular complexity index is 1130. The second kappa shape index (κ2) is 9.51. The minimum atomic E-state index is -0.534. The van der Waals surface area contributed by atoms with Gasteiger partial charge in [0.2, 0.25) is 23.5 Å². The zero-order valence-corrected chi connectivity index (χ0v) is 17.5. The number of rotatable bonds is 7.